The van der Waals surface area contributed by atoms with Crippen molar-refractivity contribution in [1.29, 1.82) is 0 Å². The number of nitrogens with zero attached hydrogens (tertiary/aromatic N) is 3. The number of hydrogen-bond acceptors (Lipinski definition) is 7. The Bertz CT molecular complexity index is 1080. The normalized spacial score (nSPS) is 10.9. The molecule has 4 N–H and O–H groups in total. The molecule has 2 heterocycles. The number of Topliss-reactive ketones (excluding diaryl/α,β-unsaturated/α-hetero) is 1. The van der Waals surface area contributed by atoms with Crippen LogP contribution in [0.1, 0.15) is 16.1 Å². The zero-order chi connectivity index (χ0) is 17.4. The average molecular weight is 327 g/mol. The number of carbonyl (C=O) groups excluding carboxylic acids is 1. The van der Waals surface area contributed by atoms with Crippen molar-refractivity contribution in [3.63, 3.8) is 0 Å². The highest BCUT2D eigenvalue weighted by Gasteiger charge is 2.17. The molecule has 0 aliphatic rings. The first-order valence-electron chi connectivity index (χ1n) is 6.94. The number of aryl methyl sites for hydroxylation is 1. The lowest BCUT2D eigenvalue weighted by Crippen LogP contribution is -2.27. The number of hydrogen-bond donors (Lipinski definition) is 3. The SMILES string of the molecule is Cn1nc(CC(=O)c2cccc(O)c2)c(=O)c2c(=O)[nH]c(N)nc21. The first-order chi connectivity index (χ1) is 11.4. The molecule has 24 heavy (non-hydrogen) atoms. The summed E-state index contributed by atoms with van der Waals surface area (Å²) in [5.41, 5.74) is 4.29. The van der Waals surface area contributed by atoms with E-state index in [1.165, 1.54) is 36.0 Å². The fourth-order valence-electron chi connectivity index (χ4n) is 2.38. The van der Waals surface area contributed by atoms with E-state index in [-0.39, 0.29) is 40.4 Å². The second-order valence-corrected chi connectivity index (χ2v) is 5.20. The highest BCUT2D eigenvalue weighted by molar-refractivity contribution is 5.97. The average Bonchev–Trinajstić information content (AvgIpc) is 2.51. The molecule has 1 aromatic carbocycles. The molecule has 0 radical (unpaired) electrons. The minimum atomic E-state index is -0.688. The number of nitrogen functional groups attached to an aromatic ring is 1. The van der Waals surface area contributed by atoms with Crippen LogP contribution in [0.15, 0.2) is 33.9 Å². The Balaban J connectivity index is 2.11. The van der Waals surface area contributed by atoms with Crippen molar-refractivity contribution in [3.05, 3.63) is 56.1 Å². The summed E-state index contributed by atoms with van der Waals surface area (Å²) < 4.78 is 1.23. The van der Waals surface area contributed by atoms with Crippen LogP contribution in [-0.4, -0.2) is 30.6 Å². The number of ketones is 1. The standard InChI is InChI=1S/C15H13N5O4/c1-20-13-11(14(24)18-15(16)17-13)12(23)9(19-20)6-10(22)7-3-2-4-8(21)5-7/h2-5,21H,6H2,1H3,(H3,16,17,18,24). The topological polar surface area (TPSA) is 144 Å². The monoisotopic (exact) mass is 327 g/mol. The molecule has 3 rings (SSSR count). The van der Waals surface area contributed by atoms with Gasteiger partial charge in [-0.25, -0.2) is 4.68 Å². The fourth-order valence-corrected chi connectivity index (χ4v) is 2.38. The van der Waals surface area contributed by atoms with Crippen LogP contribution < -0.4 is 16.7 Å². The second kappa shape index (κ2) is 5.61. The van der Waals surface area contributed by atoms with Gasteiger partial charge in [0.1, 0.15) is 16.8 Å². The number of benzene rings is 1. The van der Waals surface area contributed by atoms with Crippen LogP contribution in [0.5, 0.6) is 5.75 Å². The van der Waals surface area contributed by atoms with Crippen LogP contribution in [0.2, 0.25) is 0 Å². The van der Waals surface area contributed by atoms with E-state index < -0.39 is 16.8 Å². The van der Waals surface area contributed by atoms with Crippen molar-refractivity contribution in [1.82, 2.24) is 19.7 Å². The molecule has 0 saturated heterocycles. The van der Waals surface area contributed by atoms with E-state index in [4.69, 9.17) is 5.73 Å². The van der Waals surface area contributed by atoms with Gasteiger partial charge in [-0.2, -0.15) is 10.1 Å². The maximum absolute atomic E-state index is 12.5. The molecule has 3 aromatic rings. The van der Waals surface area contributed by atoms with Crippen LogP contribution >= 0.6 is 0 Å². The van der Waals surface area contributed by atoms with Gasteiger partial charge in [0.2, 0.25) is 11.4 Å². The Labute approximate surface area is 134 Å². The molecule has 0 aliphatic heterocycles. The van der Waals surface area contributed by atoms with Gasteiger partial charge in [0.05, 0.1) is 6.42 Å². The predicted molar refractivity (Wildman–Crippen MR) is 86.0 cm³/mol. The maximum Gasteiger partial charge on any atom is 0.265 e. The molecule has 0 aliphatic carbocycles. The number of aromatic nitrogens is 4. The summed E-state index contributed by atoms with van der Waals surface area (Å²) >= 11 is 0. The summed E-state index contributed by atoms with van der Waals surface area (Å²) in [5.74, 6) is -0.598. The number of H-pyrrole nitrogens is 1. The van der Waals surface area contributed by atoms with E-state index >= 15 is 0 Å². The number of aromatic hydroxyl groups is 1. The third-order valence-electron chi connectivity index (χ3n) is 3.48. The molecule has 0 saturated carbocycles. The third-order valence-corrected chi connectivity index (χ3v) is 3.48. The van der Waals surface area contributed by atoms with E-state index in [0.29, 0.717) is 0 Å². The van der Waals surface area contributed by atoms with Gasteiger partial charge < -0.3 is 10.8 Å². The molecule has 0 amide bonds. The summed E-state index contributed by atoms with van der Waals surface area (Å²) in [6.07, 6.45) is -0.310. The third kappa shape index (κ3) is 2.62. The lowest BCUT2D eigenvalue weighted by Gasteiger charge is -2.07. The Hall–Kier alpha value is -3.49. The van der Waals surface area contributed by atoms with Crippen LogP contribution in [0.4, 0.5) is 5.95 Å². The lowest BCUT2D eigenvalue weighted by atomic mass is 10.1. The Morgan fingerprint density at radius 3 is 2.83 bits per heavy atom. The molecule has 0 atom stereocenters. The molecule has 0 fully saturated rings. The van der Waals surface area contributed by atoms with Crippen molar-refractivity contribution < 1.29 is 9.90 Å². The summed E-state index contributed by atoms with van der Waals surface area (Å²) in [5, 5.41) is 13.2. The van der Waals surface area contributed by atoms with Gasteiger partial charge in [-0.1, -0.05) is 12.1 Å². The molecule has 0 spiro atoms. The summed E-state index contributed by atoms with van der Waals surface area (Å²) in [7, 11) is 1.50. The van der Waals surface area contributed by atoms with E-state index in [1.54, 1.807) is 0 Å². The molecule has 9 heteroatoms. The molecule has 122 valence electrons. The zero-order valence-corrected chi connectivity index (χ0v) is 12.6. The van der Waals surface area contributed by atoms with Gasteiger partial charge in [-0.15, -0.1) is 0 Å². The highest BCUT2D eigenvalue weighted by Crippen LogP contribution is 2.13. The number of aromatic amines is 1. The number of nitrogens with one attached hydrogen (secondary N) is 1. The van der Waals surface area contributed by atoms with Crippen LogP contribution in [-0.2, 0) is 13.5 Å². The van der Waals surface area contributed by atoms with Gasteiger partial charge in [0.15, 0.2) is 11.4 Å². The molecule has 0 bridgehead atoms. The van der Waals surface area contributed by atoms with Gasteiger partial charge >= 0.3 is 0 Å². The largest absolute Gasteiger partial charge is 0.508 e. The van der Waals surface area contributed by atoms with Crippen LogP contribution in [0.25, 0.3) is 11.0 Å². The Morgan fingerprint density at radius 2 is 2.12 bits per heavy atom. The smallest absolute Gasteiger partial charge is 0.265 e. The van der Waals surface area contributed by atoms with Crippen molar-refractivity contribution in [2.45, 2.75) is 6.42 Å². The highest BCUT2D eigenvalue weighted by atomic mass is 16.3. The molecule has 9 nitrogen and oxygen atoms in total. The number of rotatable bonds is 3. The molecular formula is C15H13N5O4. The first kappa shape index (κ1) is 15.4. The molecule has 2 aromatic heterocycles. The van der Waals surface area contributed by atoms with Gasteiger partial charge in [0, 0.05) is 12.6 Å². The Kier molecular flexibility index (Phi) is 3.60. The van der Waals surface area contributed by atoms with Gasteiger partial charge in [-0.3, -0.25) is 19.4 Å². The lowest BCUT2D eigenvalue weighted by molar-refractivity contribution is 0.0991. The molecular weight excluding hydrogens is 314 g/mol. The van der Waals surface area contributed by atoms with Gasteiger partial charge in [-0.05, 0) is 12.1 Å². The zero-order valence-electron chi connectivity index (χ0n) is 12.6. The maximum atomic E-state index is 12.5. The Morgan fingerprint density at radius 1 is 1.38 bits per heavy atom. The first-order valence-corrected chi connectivity index (χ1v) is 6.94. The number of anilines is 1. The molecule has 0 unspecified atom stereocenters. The van der Waals surface area contributed by atoms with E-state index in [9.17, 15) is 19.5 Å². The van der Waals surface area contributed by atoms with Crippen LogP contribution in [0.3, 0.4) is 0 Å². The van der Waals surface area contributed by atoms with Crippen LogP contribution in [0, 0.1) is 0 Å². The van der Waals surface area contributed by atoms with E-state index in [0.717, 1.165) is 0 Å². The van der Waals surface area contributed by atoms with E-state index in [2.05, 4.69) is 15.1 Å². The number of phenolic OH excluding ortho intramolecular Hbond substituents is 1. The summed E-state index contributed by atoms with van der Waals surface area (Å²) in [4.78, 5) is 42.9. The number of nitrogens with two attached hydrogens (primary N) is 1. The van der Waals surface area contributed by atoms with Crippen molar-refractivity contribution >= 4 is 22.8 Å². The van der Waals surface area contributed by atoms with Crippen molar-refractivity contribution in [3.8, 4) is 5.75 Å². The second-order valence-electron chi connectivity index (χ2n) is 5.20. The predicted octanol–water partition coefficient (Wildman–Crippen LogP) is -0.270. The minimum Gasteiger partial charge on any atom is -0.508 e. The van der Waals surface area contributed by atoms with Crippen molar-refractivity contribution in [2.75, 3.05) is 5.73 Å². The van der Waals surface area contributed by atoms with E-state index in [1.807, 2.05) is 0 Å². The quantitative estimate of drug-likeness (QED) is 0.562. The fraction of sp³-hybridized carbons (Fsp3) is 0.133. The summed E-state index contributed by atoms with van der Waals surface area (Å²) in [6, 6.07) is 5.76. The summed E-state index contributed by atoms with van der Waals surface area (Å²) in [6.45, 7) is 0. The number of carbonyl (C=O) groups is 1. The number of phenols is 1. The number of fused-ring (bicyclic) bond motifs is 1. The van der Waals surface area contributed by atoms with Crippen molar-refractivity contribution in [2.24, 2.45) is 7.05 Å². The van der Waals surface area contributed by atoms with Gasteiger partial charge in [0.25, 0.3) is 5.56 Å². The minimum absolute atomic E-state index is 0.0369.